The van der Waals surface area contributed by atoms with Gasteiger partial charge in [-0.05, 0) is 87.0 Å². The first-order valence-electron chi connectivity index (χ1n) is 17.9. The molecule has 0 radical (unpaired) electrons. The summed E-state index contributed by atoms with van der Waals surface area (Å²) in [6, 6.07) is 42.8. The van der Waals surface area contributed by atoms with Gasteiger partial charge in [0.25, 0.3) is 0 Å². The molecule has 0 amide bonds. The first-order chi connectivity index (χ1) is 24.3. The van der Waals surface area contributed by atoms with E-state index in [-0.39, 0.29) is 10.8 Å². The van der Waals surface area contributed by atoms with Crippen LogP contribution in [0.5, 0.6) is 0 Å². The molecule has 0 bridgehead atoms. The van der Waals surface area contributed by atoms with E-state index < -0.39 is 0 Å². The molecule has 0 saturated heterocycles. The normalized spacial score (nSPS) is 18.3. The van der Waals surface area contributed by atoms with E-state index in [0.29, 0.717) is 5.92 Å². The van der Waals surface area contributed by atoms with Crippen molar-refractivity contribution in [3.63, 3.8) is 0 Å². The van der Waals surface area contributed by atoms with Crippen LogP contribution in [0.15, 0.2) is 134 Å². The van der Waals surface area contributed by atoms with Crippen LogP contribution in [0.2, 0.25) is 0 Å². The number of para-hydroxylation sites is 2. The highest BCUT2D eigenvalue weighted by Crippen LogP contribution is 2.55. The van der Waals surface area contributed by atoms with Gasteiger partial charge in [-0.15, -0.1) is 0 Å². The number of hydrogen-bond donors (Lipinski definition) is 0. The molecule has 1 atom stereocenters. The Morgan fingerprint density at radius 3 is 2.06 bits per heavy atom. The Hall–Kier alpha value is -5.67. The molecule has 240 valence electrons. The zero-order valence-electron chi connectivity index (χ0n) is 28.8. The Morgan fingerprint density at radius 1 is 0.580 bits per heavy atom. The van der Waals surface area contributed by atoms with Crippen molar-refractivity contribution < 1.29 is 0 Å². The second-order valence-corrected chi connectivity index (χ2v) is 15.6. The molecular formula is C47H37N3. The molecular weight excluding hydrogens is 607 g/mol. The average Bonchev–Trinajstić information content (AvgIpc) is 3.81. The van der Waals surface area contributed by atoms with Crippen molar-refractivity contribution in [1.29, 1.82) is 0 Å². The van der Waals surface area contributed by atoms with Gasteiger partial charge >= 0.3 is 0 Å². The van der Waals surface area contributed by atoms with Crippen LogP contribution in [0.1, 0.15) is 56.4 Å². The predicted molar refractivity (Wildman–Crippen MR) is 209 cm³/mol. The number of fused-ring (bicyclic) bond motifs is 13. The summed E-state index contributed by atoms with van der Waals surface area (Å²) in [6.45, 7) is 9.59. The van der Waals surface area contributed by atoms with Crippen molar-refractivity contribution in [2.24, 2.45) is 5.92 Å². The van der Waals surface area contributed by atoms with Crippen molar-refractivity contribution in [2.75, 3.05) is 0 Å². The predicted octanol–water partition coefficient (Wildman–Crippen LogP) is 11.8. The lowest BCUT2D eigenvalue weighted by Gasteiger charge is -2.32. The third kappa shape index (κ3) is 3.42. The quantitative estimate of drug-likeness (QED) is 0.184. The second-order valence-electron chi connectivity index (χ2n) is 15.6. The van der Waals surface area contributed by atoms with Gasteiger partial charge in [-0.1, -0.05) is 125 Å². The highest BCUT2D eigenvalue weighted by atomic mass is 15.1. The molecule has 11 rings (SSSR count). The summed E-state index contributed by atoms with van der Waals surface area (Å²) in [5.41, 5.74) is 18.1. The smallest absolute Gasteiger partial charge is 0.0985 e. The lowest BCUT2D eigenvalue weighted by molar-refractivity contribution is 0.415. The highest BCUT2D eigenvalue weighted by molar-refractivity contribution is 6.22. The first-order valence-corrected chi connectivity index (χ1v) is 17.9. The third-order valence-corrected chi connectivity index (χ3v) is 12.5. The Bertz CT molecular complexity index is 2850. The largest absolute Gasteiger partial charge is 0.310 e. The van der Waals surface area contributed by atoms with E-state index >= 15 is 0 Å². The fourth-order valence-electron chi connectivity index (χ4n) is 9.99. The monoisotopic (exact) mass is 643 g/mol. The van der Waals surface area contributed by atoms with E-state index in [2.05, 4.69) is 170 Å². The van der Waals surface area contributed by atoms with Gasteiger partial charge in [-0.25, -0.2) is 0 Å². The molecule has 1 unspecified atom stereocenters. The van der Waals surface area contributed by atoms with Crippen LogP contribution < -0.4 is 0 Å². The number of nitrogens with zero attached hydrogens (tertiary/aromatic N) is 3. The third-order valence-electron chi connectivity index (χ3n) is 12.5. The van der Waals surface area contributed by atoms with Crippen molar-refractivity contribution >= 4 is 55.0 Å². The molecule has 0 N–H and O–H groups in total. The van der Waals surface area contributed by atoms with Crippen molar-refractivity contribution in [3.05, 3.63) is 156 Å². The number of benzene rings is 5. The second kappa shape index (κ2) is 9.52. The van der Waals surface area contributed by atoms with Gasteiger partial charge in [0.1, 0.15) is 0 Å². The molecule has 50 heavy (non-hydrogen) atoms. The number of allylic oxidation sites excluding steroid dienone is 4. The van der Waals surface area contributed by atoms with Crippen LogP contribution >= 0.6 is 0 Å². The standard InChI is InChI=1S/C47H37N3/c1-46(2)37-17-9-5-13-30(37)32-23-21-28(25-39(32)46)49-41-19-11-7-15-34(41)36-27-48-43-35-16-8-12-20-42(35)50(45(43)44(36)49)29-22-24-33-31-14-6-10-18-38(31)47(3,4)40(33)26-29/h5-25,27,40H,26H2,1-4H3. The summed E-state index contributed by atoms with van der Waals surface area (Å²) in [4.78, 5) is 5.27. The minimum absolute atomic E-state index is 0.0396. The first kappa shape index (κ1) is 28.2. The van der Waals surface area contributed by atoms with Gasteiger partial charge in [0, 0.05) is 39.2 Å². The molecule has 3 aliphatic rings. The molecule has 3 nitrogen and oxygen atoms in total. The molecule has 3 heteroatoms. The minimum atomic E-state index is -0.0882. The molecule has 0 spiro atoms. The number of rotatable bonds is 2. The summed E-state index contributed by atoms with van der Waals surface area (Å²) in [5, 5.41) is 3.60. The highest BCUT2D eigenvalue weighted by Gasteiger charge is 2.44. The summed E-state index contributed by atoms with van der Waals surface area (Å²) in [7, 11) is 0. The fraction of sp³-hybridized carbons (Fsp3) is 0.170. The molecule has 0 aliphatic heterocycles. The molecule has 0 fully saturated rings. The summed E-state index contributed by atoms with van der Waals surface area (Å²) in [5.74, 6) is 0.398. The summed E-state index contributed by atoms with van der Waals surface area (Å²) in [6.07, 6.45) is 7.87. The molecule has 3 aromatic heterocycles. The maximum absolute atomic E-state index is 5.27. The molecule has 0 saturated carbocycles. The van der Waals surface area contributed by atoms with E-state index in [4.69, 9.17) is 4.98 Å². The van der Waals surface area contributed by atoms with Crippen molar-refractivity contribution in [2.45, 2.75) is 44.9 Å². The van der Waals surface area contributed by atoms with E-state index in [0.717, 1.165) is 11.9 Å². The molecule has 3 aliphatic carbocycles. The van der Waals surface area contributed by atoms with Gasteiger partial charge in [-0.2, -0.15) is 0 Å². The SMILES string of the molecule is CC1(C)c2ccccc2-c2ccc(-n3c4ccccc4c4cnc5c6ccccc6n(C6=CC=C7c8ccccc8C(C)(C)C7C6)c5c43)cc21. The Morgan fingerprint density at radius 2 is 1.24 bits per heavy atom. The minimum Gasteiger partial charge on any atom is -0.310 e. The van der Waals surface area contributed by atoms with Crippen LogP contribution in [0.4, 0.5) is 0 Å². The summed E-state index contributed by atoms with van der Waals surface area (Å²) >= 11 is 0. The number of pyridine rings is 1. The number of aromatic nitrogens is 3. The maximum atomic E-state index is 5.27. The lowest BCUT2D eigenvalue weighted by Crippen LogP contribution is -2.25. The molecule has 8 aromatic rings. The van der Waals surface area contributed by atoms with Crippen LogP contribution in [0, 0.1) is 5.92 Å². The molecule has 3 heterocycles. The van der Waals surface area contributed by atoms with E-state index in [1.54, 1.807) is 0 Å². The van der Waals surface area contributed by atoms with Crippen LogP contribution in [0.25, 0.3) is 71.8 Å². The zero-order valence-corrected chi connectivity index (χ0v) is 28.8. The topological polar surface area (TPSA) is 22.8 Å². The van der Waals surface area contributed by atoms with Crippen LogP contribution in [-0.4, -0.2) is 14.1 Å². The zero-order chi connectivity index (χ0) is 33.5. The van der Waals surface area contributed by atoms with Gasteiger partial charge in [0.2, 0.25) is 0 Å². The Kier molecular flexibility index (Phi) is 5.37. The fourth-order valence-corrected chi connectivity index (χ4v) is 9.99. The Balaban J connectivity index is 1.23. The van der Waals surface area contributed by atoms with Gasteiger partial charge in [0.15, 0.2) is 0 Å². The van der Waals surface area contributed by atoms with Gasteiger partial charge < -0.3 is 9.13 Å². The van der Waals surface area contributed by atoms with Gasteiger partial charge in [-0.3, -0.25) is 4.98 Å². The van der Waals surface area contributed by atoms with Crippen LogP contribution in [0.3, 0.4) is 0 Å². The van der Waals surface area contributed by atoms with Crippen molar-refractivity contribution in [3.8, 4) is 16.8 Å². The Labute approximate surface area is 291 Å². The average molecular weight is 644 g/mol. The van der Waals surface area contributed by atoms with Crippen LogP contribution in [-0.2, 0) is 10.8 Å². The van der Waals surface area contributed by atoms with Crippen molar-refractivity contribution in [1.82, 2.24) is 14.1 Å². The van der Waals surface area contributed by atoms with E-state index in [1.165, 1.54) is 88.6 Å². The van der Waals surface area contributed by atoms with E-state index in [1.807, 2.05) is 0 Å². The lowest BCUT2D eigenvalue weighted by atomic mass is 9.74. The molecule has 5 aromatic carbocycles. The maximum Gasteiger partial charge on any atom is 0.0985 e. The van der Waals surface area contributed by atoms with E-state index in [9.17, 15) is 0 Å². The van der Waals surface area contributed by atoms with Gasteiger partial charge in [0.05, 0.1) is 27.6 Å². The summed E-state index contributed by atoms with van der Waals surface area (Å²) < 4.78 is 5.07. The number of hydrogen-bond acceptors (Lipinski definition) is 1.